The Bertz CT molecular complexity index is 904. The van der Waals surface area contributed by atoms with Gasteiger partial charge in [-0.3, -0.25) is 14.5 Å². The van der Waals surface area contributed by atoms with E-state index in [9.17, 15) is 14.7 Å². The average molecular weight is 402 g/mol. The van der Waals surface area contributed by atoms with Gasteiger partial charge in [0.15, 0.2) is 11.4 Å². The number of halogens is 1. The number of aliphatic hydroxyl groups is 1. The van der Waals surface area contributed by atoms with Gasteiger partial charge in [-0.05, 0) is 37.6 Å². The number of Topliss-reactive ketones (excluding diaryl/α,β-unsaturated/α-hetero) is 1. The van der Waals surface area contributed by atoms with Gasteiger partial charge in [0.1, 0.15) is 5.76 Å². The van der Waals surface area contributed by atoms with Crippen molar-refractivity contribution in [1.82, 2.24) is 0 Å². The van der Waals surface area contributed by atoms with Gasteiger partial charge in [-0.25, -0.2) is 0 Å². The minimum atomic E-state index is -1.96. The molecule has 2 aromatic rings. The first-order chi connectivity index (χ1) is 11.8. The van der Waals surface area contributed by atoms with Crippen LogP contribution in [0.4, 0.5) is 5.69 Å². The molecule has 0 saturated carbocycles. The molecule has 0 radical (unpaired) electrons. The minimum absolute atomic E-state index is 0.0216. The van der Waals surface area contributed by atoms with Crippen molar-refractivity contribution in [3.8, 4) is 12.3 Å². The molecule has 1 aromatic heterocycles. The first-order valence-electron chi connectivity index (χ1n) is 7.65. The van der Waals surface area contributed by atoms with E-state index in [1.54, 1.807) is 32.0 Å². The Kier molecular flexibility index (Phi) is 4.31. The first kappa shape index (κ1) is 17.5. The van der Waals surface area contributed by atoms with Crippen LogP contribution in [0.2, 0.25) is 0 Å². The van der Waals surface area contributed by atoms with E-state index < -0.39 is 11.5 Å². The topological polar surface area (TPSA) is 70.8 Å². The predicted molar refractivity (Wildman–Crippen MR) is 96.4 cm³/mol. The number of terminal acetylenes is 1. The largest absolute Gasteiger partial charge is 0.469 e. The van der Waals surface area contributed by atoms with Crippen molar-refractivity contribution in [2.24, 2.45) is 0 Å². The summed E-state index contributed by atoms with van der Waals surface area (Å²) >= 11 is 3.34. The fourth-order valence-corrected chi connectivity index (χ4v) is 3.61. The van der Waals surface area contributed by atoms with Crippen LogP contribution in [0.5, 0.6) is 0 Å². The molecule has 2 heterocycles. The number of furan rings is 1. The maximum absolute atomic E-state index is 12.8. The number of carbonyl (C=O) groups excluding carboxylic acids is 2. The number of fused-ring (bicyclic) bond motifs is 1. The van der Waals surface area contributed by atoms with E-state index in [0.717, 1.165) is 0 Å². The normalized spacial score (nSPS) is 19.0. The predicted octanol–water partition coefficient (Wildman–Crippen LogP) is 3.10. The van der Waals surface area contributed by atoms with E-state index in [4.69, 9.17) is 10.8 Å². The summed E-state index contributed by atoms with van der Waals surface area (Å²) in [6, 6.07) is 5.10. The molecule has 0 saturated heterocycles. The summed E-state index contributed by atoms with van der Waals surface area (Å²) in [5, 5.41) is 11.2. The monoisotopic (exact) mass is 401 g/mol. The van der Waals surface area contributed by atoms with Crippen molar-refractivity contribution in [3.63, 3.8) is 0 Å². The molecule has 5 nitrogen and oxygen atoms in total. The van der Waals surface area contributed by atoms with Crippen LogP contribution in [0, 0.1) is 26.2 Å². The molecule has 1 aliphatic rings. The zero-order valence-corrected chi connectivity index (χ0v) is 15.4. The first-order valence-corrected chi connectivity index (χ1v) is 8.44. The van der Waals surface area contributed by atoms with Gasteiger partial charge in [0.25, 0.3) is 5.91 Å². The van der Waals surface area contributed by atoms with E-state index in [-0.39, 0.29) is 18.7 Å². The van der Waals surface area contributed by atoms with Crippen LogP contribution in [-0.4, -0.2) is 23.3 Å². The van der Waals surface area contributed by atoms with Crippen LogP contribution >= 0.6 is 15.9 Å². The summed E-state index contributed by atoms with van der Waals surface area (Å²) in [6.07, 6.45) is 6.46. The molecule has 0 unspecified atom stereocenters. The van der Waals surface area contributed by atoms with E-state index in [2.05, 4.69) is 21.9 Å². The van der Waals surface area contributed by atoms with Crippen LogP contribution in [0.25, 0.3) is 0 Å². The summed E-state index contributed by atoms with van der Waals surface area (Å²) in [4.78, 5) is 26.9. The molecule has 1 aromatic carbocycles. The van der Waals surface area contributed by atoms with Crippen LogP contribution < -0.4 is 4.90 Å². The second kappa shape index (κ2) is 6.17. The molecule has 128 valence electrons. The molecule has 3 rings (SSSR count). The molecular weight excluding hydrogens is 386 g/mol. The van der Waals surface area contributed by atoms with Gasteiger partial charge >= 0.3 is 0 Å². The summed E-state index contributed by atoms with van der Waals surface area (Å²) in [7, 11) is 0. The molecule has 0 fully saturated rings. The highest BCUT2D eigenvalue weighted by molar-refractivity contribution is 9.10. The van der Waals surface area contributed by atoms with E-state index in [0.29, 0.717) is 32.6 Å². The Morgan fingerprint density at radius 1 is 1.44 bits per heavy atom. The number of aryl methyl sites for hydroxylation is 2. The zero-order chi connectivity index (χ0) is 18.4. The molecular formula is C19H16BrNO4. The maximum Gasteiger partial charge on any atom is 0.265 e. The highest BCUT2D eigenvalue weighted by Gasteiger charge is 2.51. The zero-order valence-electron chi connectivity index (χ0n) is 13.8. The second-order valence-corrected chi connectivity index (χ2v) is 6.98. The van der Waals surface area contributed by atoms with Crippen molar-refractivity contribution < 1.29 is 19.1 Å². The van der Waals surface area contributed by atoms with E-state index in [1.165, 1.54) is 11.2 Å². The third kappa shape index (κ3) is 2.70. The highest BCUT2D eigenvalue weighted by Crippen LogP contribution is 2.44. The Labute approximate surface area is 153 Å². The molecule has 0 spiro atoms. The molecule has 0 bridgehead atoms. The van der Waals surface area contributed by atoms with Crippen LogP contribution in [0.3, 0.4) is 0 Å². The number of amides is 1. The molecule has 0 aliphatic carbocycles. The Morgan fingerprint density at radius 2 is 2.16 bits per heavy atom. The number of carbonyl (C=O) groups is 2. The number of hydrogen-bond acceptors (Lipinski definition) is 4. The lowest BCUT2D eigenvalue weighted by Crippen LogP contribution is -2.42. The third-order valence-corrected chi connectivity index (χ3v) is 4.89. The number of hydrogen-bond donors (Lipinski definition) is 1. The van der Waals surface area contributed by atoms with Gasteiger partial charge in [0.05, 0.1) is 30.5 Å². The van der Waals surface area contributed by atoms with Crippen molar-refractivity contribution in [2.45, 2.75) is 25.9 Å². The Hall–Kier alpha value is -2.36. The number of anilines is 1. The van der Waals surface area contributed by atoms with Gasteiger partial charge in [-0.15, -0.1) is 6.42 Å². The van der Waals surface area contributed by atoms with Crippen LogP contribution in [0.1, 0.15) is 33.7 Å². The Morgan fingerprint density at radius 3 is 2.76 bits per heavy atom. The number of ketones is 1. The standard InChI is InChI=1S/C19H16BrNO4/c1-4-7-21-15-6-5-13(20)8-14(15)19(24,18(21)23)9-16(22)17-11(2)10-25-12(17)3/h1,5-6,8,10,24H,7,9H2,2-3H3/t19-/m0/s1. The summed E-state index contributed by atoms with van der Waals surface area (Å²) in [5.74, 6) is 1.93. The quantitative estimate of drug-likeness (QED) is 0.630. The fourth-order valence-electron chi connectivity index (χ4n) is 3.25. The van der Waals surface area contributed by atoms with Crippen molar-refractivity contribution in [1.29, 1.82) is 0 Å². The fraction of sp³-hybridized carbons (Fsp3) is 0.263. The molecule has 1 N–H and O–H groups in total. The minimum Gasteiger partial charge on any atom is -0.469 e. The summed E-state index contributed by atoms with van der Waals surface area (Å²) in [5.41, 5.74) is -0.000507. The van der Waals surface area contributed by atoms with Crippen LogP contribution in [-0.2, 0) is 10.4 Å². The number of nitrogens with zero attached hydrogens (tertiary/aromatic N) is 1. The highest BCUT2D eigenvalue weighted by atomic mass is 79.9. The second-order valence-electron chi connectivity index (χ2n) is 6.07. The number of benzene rings is 1. The average Bonchev–Trinajstić information content (AvgIpc) is 2.99. The molecule has 1 atom stereocenters. The van der Waals surface area contributed by atoms with Crippen molar-refractivity contribution >= 4 is 33.3 Å². The molecule has 1 aliphatic heterocycles. The van der Waals surface area contributed by atoms with E-state index in [1.807, 2.05) is 0 Å². The molecule has 6 heteroatoms. The van der Waals surface area contributed by atoms with Crippen molar-refractivity contribution in [2.75, 3.05) is 11.4 Å². The summed E-state index contributed by atoms with van der Waals surface area (Å²) in [6.45, 7) is 3.45. The smallest absolute Gasteiger partial charge is 0.265 e. The van der Waals surface area contributed by atoms with Gasteiger partial charge in [-0.1, -0.05) is 21.9 Å². The molecule has 25 heavy (non-hydrogen) atoms. The summed E-state index contributed by atoms with van der Waals surface area (Å²) < 4.78 is 5.95. The van der Waals surface area contributed by atoms with Crippen LogP contribution in [0.15, 0.2) is 33.4 Å². The van der Waals surface area contributed by atoms with Gasteiger partial charge in [0, 0.05) is 10.0 Å². The van der Waals surface area contributed by atoms with Crippen molar-refractivity contribution in [3.05, 3.63) is 51.4 Å². The SMILES string of the molecule is C#CCN1C(=O)[C@](O)(CC(=O)c2c(C)coc2C)c2cc(Br)ccc21. The van der Waals surface area contributed by atoms with Gasteiger partial charge < -0.3 is 9.52 Å². The van der Waals surface area contributed by atoms with Gasteiger partial charge in [0.2, 0.25) is 0 Å². The molecule has 1 amide bonds. The lowest BCUT2D eigenvalue weighted by molar-refractivity contribution is -0.135. The lowest BCUT2D eigenvalue weighted by atomic mass is 9.87. The third-order valence-electron chi connectivity index (χ3n) is 4.40. The van der Waals surface area contributed by atoms with E-state index >= 15 is 0 Å². The maximum atomic E-state index is 12.8. The Balaban J connectivity index is 2.06. The van der Waals surface area contributed by atoms with Gasteiger partial charge in [-0.2, -0.15) is 0 Å². The lowest BCUT2D eigenvalue weighted by Gasteiger charge is -2.22. The number of rotatable bonds is 4.